The Morgan fingerprint density at radius 3 is 1.92 bits per heavy atom. The van der Waals surface area contributed by atoms with Gasteiger partial charge in [0, 0.05) is 23.0 Å². The molecule has 1 heterocycles. The first kappa shape index (κ1) is 22.9. The van der Waals surface area contributed by atoms with E-state index in [1.807, 2.05) is 0 Å². The molecule has 2 unspecified atom stereocenters. The van der Waals surface area contributed by atoms with E-state index >= 15 is 0 Å². The molecule has 1 fully saturated rings. The van der Waals surface area contributed by atoms with Gasteiger partial charge in [0.05, 0.1) is 12.7 Å². The van der Waals surface area contributed by atoms with Crippen molar-refractivity contribution in [1.82, 2.24) is 9.80 Å². The molecule has 4 nitrogen and oxygen atoms in total. The molecule has 1 rings (SSSR count). The lowest BCUT2D eigenvalue weighted by atomic mass is 9.92. The zero-order valence-corrected chi connectivity index (χ0v) is 18.6. The van der Waals surface area contributed by atoms with Crippen molar-refractivity contribution < 1.29 is 9.47 Å². The van der Waals surface area contributed by atoms with Gasteiger partial charge in [0.25, 0.3) is 0 Å². The minimum absolute atomic E-state index is 0.0403. The summed E-state index contributed by atoms with van der Waals surface area (Å²) < 4.78 is 12.1. The lowest BCUT2D eigenvalue weighted by Crippen LogP contribution is -2.49. The van der Waals surface area contributed by atoms with Crippen LogP contribution < -0.4 is 0 Å². The fourth-order valence-electron chi connectivity index (χ4n) is 3.70. The predicted molar refractivity (Wildman–Crippen MR) is 107 cm³/mol. The van der Waals surface area contributed by atoms with Crippen LogP contribution in [0.1, 0.15) is 75.2 Å². The van der Waals surface area contributed by atoms with E-state index in [0.717, 1.165) is 26.1 Å². The van der Waals surface area contributed by atoms with Gasteiger partial charge < -0.3 is 14.4 Å². The Labute approximate surface area is 157 Å². The lowest BCUT2D eigenvalue weighted by molar-refractivity contribution is -0.128. The molecule has 150 valence electrons. The van der Waals surface area contributed by atoms with Gasteiger partial charge in [-0.3, -0.25) is 4.90 Å². The van der Waals surface area contributed by atoms with Gasteiger partial charge in [0.15, 0.2) is 6.29 Å². The molecule has 1 aliphatic heterocycles. The number of ether oxygens (including phenoxy) is 2. The second-order valence-corrected chi connectivity index (χ2v) is 9.96. The van der Waals surface area contributed by atoms with Crippen LogP contribution in [0.3, 0.4) is 0 Å². The SMILES string of the molecule is CCN(CC)C(C)(C)CCN(C)C(C)(C)CC1COC(C(C)(C)C)O1. The van der Waals surface area contributed by atoms with Crippen LogP contribution in [0.25, 0.3) is 0 Å². The maximum absolute atomic E-state index is 6.17. The number of hydrogen-bond acceptors (Lipinski definition) is 4. The molecule has 1 aliphatic rings. The monoisotopic (exact) mass is 356 g/mol. The molecular formula is C21H44N2O2. The Bertz CT molecular complexity index is 397. The van der Waals surface area contributed by atoms with Crippen LogP contribution in [0.4, 0.5) is 0 Å². The van der Waals surface area contributed by atoms with E-state index in [1.165, 1.54) is 6.42 Å². The third kappa shape index (κ3) is 6.50. The van der Waals surface area contributed by atoms with Crippen LogP contribution in [-0.2, 0) is 9.47 Å². The number of rotatable bonds is 9. The molecule has 0 spiro atoms. The van der Waals surface area contributed by atoms with Crippen molar-refractivity contribution >= 4 is 0 Å². The Morgan fingerprint density at radius 2 is 1.48 bits per heavy atom. The molecule has 4 heteroatoms. The molecule has 0 aliphatic carbocycles. The van der Waals surface area contributed by atoms with Gasteiger partial charge >= 0.3 is 0 Å². The van der Waals surface area contributed by atoms with E-state index in [1.54, 1.807) is 0 Å². The van der Waals surface area contributed by atoms with E-state index in [2.05, 4.69) is 79.2 Å². The van der Waals surface area contributed by atoms with Crippen molar-refractivity contribution in [1.29, 1.82) is 0 Å². The normalized spacial score (nSPS) is 23.0. The molecule has 25 heavy (non-hydrogen) atoms. The summed E-state index contributed by atoms with van der Waals surface area (Å²) in [5.41, 5.74) is 0.372. The van der Waals surface area contributed by atoms with Gasteiger partial charge in [-0.25, -0.2) is 0 Å². The van der Waals surface area contributed by atoms with Crippen LogP contribution >= 0.6 is 0 Å². The second-order valence-electron chi connectivity index (χ2n) is 9.96. The maximum Gasteiger partial charge on any atom is 0.162 e. The Hall–Kier alpha value is -0.160. The van der Waals surface area contributed by atoms with Crippen molar-refractivity contribution in [3.8, 4) is 0 Å². The topological polar surface area (TPSA) is 24.9 Å². The molecule has 0 N–H and O–H groups in total. The lowest BCUT2D eigenvalue weighted by Gasteiger charge is -2.42. The van der Waals surface area contributed by atoms with Crippen LogP contribution in [-0.4, -0.2) is 66.6 Å². The molecular weight excluding hydrogens is 312 g/mol. The molecule has 0 aromatic rings. The average molecular weight is 357 g/mol. The average Bonchev–Trinajstić information content (AvgIpc) is 2.93. The summed E-state index contributed by atoms with van der Waals surface area (Å²) in [5, 5.41) is 0. The summed E-state index contributed by atoms with van der Waals surface area (Å²) in [6, 6.07) is 0. The highest BCUT2D eigenvalue weighted by molar-refractivity contribution is 4.88. The van der Waals surface area contributed by atoms with Crippen LogP contribution in [0.5, 0.6) is 0 Å². The first-order valence-electron chi connectivity index (χ1n) is 10.1. The highest BCUT2D eigenvalue weighted by Crippen LogP contribution is 2.33. The third-order valence-electron chi connectivity index (χ3n) is 5.90. The minimum Gasteiger partial charge on any atom is -0.349 e. The zero-order chi connectivity index (χ0) is 19.5. The molecule has 0 aromatic carbocycles. The van der Waals surface area contributed by atoms with Crippen LogP contribution in [0.2, 0.25) is 0 Å². The molecule has 0 bridgehead atoms. The van der Waals surface area contributed by atoms with Gasteiger partial charge in [-0.1, -0.05) is 34.6 Å². The van der Waals surface area contributed by atoms with E-state index in [9.17, 15) is 0 Å². The van der Waals surface area contributed by atoms with Gasteiger partial charge in [0.2, 0.25) is 0 Å². The fourth-order valence-corrected chi connectivity index (χ4v) is 3.70. The summed E-state index contributed by atoms with van der Waals surface area (Å²) >= 11 is 0. The van der Waals surface area contributed by atoms with Crippen molar-refractivity contribution in [2.45, 2.75) is 98.6 Å². The summed E-state index contributed by atoms with van der Waals surface area (Å²) in [4.78, 5) is 5.04. The number of hydrogen-bond donors (Lipinski definition) is 0. The maximum atomic E-state index is 6.17. The largest absolute Gasteiger partial charge is 0.349 e. The third-order valence-corrected chi connectivity index (χ3v) is 5.90. The highest BCUT2D eigenvalue weighted by Gasteiger charge is 2.38. The smallest absolute Gasteiger partial charge is 0.162 e. The molecule has 0 aromatic heterocycles. The first-order chi connectivity index (χ1) is 11.3. The van der Waals surface area contributed by atoms with Crippen molar-refractivity contribution in [3.05, 3.63) is 0 Å². The molecule has 1 saturated heterocycles. The summed E-state index contributed by atoms with van der Waals surface area (Å²) in [5.74, 6) is 0. The fraction of sp³-hybridized carbons (Fsp3) is 1.00. The van der Waals surface area contributed by atoms with E-state index in [0.29, 0.717) is 6.61 Å². The zero-order valence-electron chi connectivity index (χ0n) is 18.6. The molecule has 0 amide bonds. The molecule has 0 radical (unpaired) electrons. The Balaban J connectivity index is 2.55. The highest BCUT2D eigenvalue weighted by atomic mass is 16.7. The minimum atomic E-state index is -0.0831. The molecule has 2 atom stereocenters. The summed E-state index contributed by atoms with van der Waals surface area (Å²) in [7, 11) is 2.25. The van der Waals surface area contributed by atoms with Gasteiger partial charge in [0.1, 0.15) is 0 Å². The quantitative estimate of drug-likeness (QED) is 0.612. The Kier molecular flexibility index (Phi) is 7.95. The summed E-state index contributed by atoms with van der Waals surface area (Å²) in [6.07, 6.45) is 2.28. The van der Waals surface area contributed by atoms with Crippen LogP contribution in [0.15, 0.2) is 0 Å². The predicted octanol–water partition coefficient (Wildman–Crippen LogP) is 4.39. The summed E-state index contributed by atoms with van der Waals surface area (Å²) in [6.45, 7) is 24.4. The van der Waals surface area contributed by atoms with Gasteiger partial charge in [-0.05, 0) is 60.7 Å². The standard InChI is InChI=1S/C21H44N2O2/c1-11-23(12-2)20(6,7)13-14-22(10)21(8,9)15-17-16-24-18(25-17)19(3,4)5/h17-18H,11-16H2,1-10H3. The first-order valence-corrected chi connectivity index (χ1v) is 10.1. The van der Waals surface area contributed by atoms with Gasteiger partial charge in [-0.2, -0.15) is 0 Å². The molecule has 0 saturated carbocycles. The van der Waals surface area contributed by atoms with E-state index in [-0.39, 0.29) is 28.9 Å². The van der Waals surface area contributed by atoms with Crippen molar-refractivity contribution in [3.63, 3.8) is 0 Å². The number of nitrogens with zero attached hydrogens (tertiary/aromatic N) is 2. The van der Waals surface area contributed by atoms with Gasteiger partial charge in [-0.15, -0.1) is 0 Å². The van der Waals surface area contributed by atoms with E-state index in [4.69, 9.17) is 9.47 Å². The van der Waals surface area contributed by atoms with Crippen LogP contribution in [0, 0.1) is 5.41 Å². The van der Waals surface area contributed by atoms with E-state index < -0.39 is 0 Å². The Morgan fingerprint density at radius 1 is 0.920 bits per heavy atom. The second kappa shape index (κ2) is 8.69. The van der Waals surface area contributed by atoms with Crippen molar-refractivity contribution in [2.75, 3.05) is 33.3 Å². The van der Waals surface area contributed by atoms with Crippen molar-refractivity contribution in [2.24, 2.45) is 5.41 Å².